The fourth-order valence-corrected chi connectivity index (χ4v) is 2.88. The van der Waals surface area contributed by atoms with Crippen LogP contribution in [0.15, 0.2) is 71.6 Å². The molecule has 2 amide bonds. The third-order valence-electron chi connectivity index (χ3n) is 4.26. The van der Waals surface area contributed by atoms with E-state index < -0.39 is 23.6 Å². The van der Waals surface area contributed by atoms with Crippen LogP contribution in [-0.2, 0) is 20.8 Å². The summed E-state index contributed by atoms with van der Waals surface area (Å²) in [5.41, 5.74) is 7.20. The Labute approximate surface area is 156 Å². The van der Waals surface area contributed by atoms with Crippen LogP contribution in [0.3, 0.4) is 0 Å². The largest absolute Gasteiger partial charge is 0.363 e. The molecule has 1 aromatic carbocycles. The molecule has 136 valence electrons. The van der Waals surface area contributed by atoms with Gasteiger partial charge in [-0.15, -0.1) is 0 Å². The molecule has 2 heterocycles. The molecule has 7 heteroatoms. The van der Waals surface area contributed by atoms with E-state index in [1.807, 2.05) is 30.3 Å². The lowest BCUT2D eigenvalue weighted by molar-refractivity contribution is -0.138. The van der Waals surface area contributed by atoms with Crippen molar-refractivity contribution in [2.45, 2.75) is 18.4 Å². The highest BCUT2D eigenvalue weighted by Crippen LogP contribution is 2.26. The maximum atomic E-state index is 12.8. The number of nitrogens with two attached hydrogens (primary N) is 1. The van der Waals surface area contributed by atoms with Crippen molar-refractivity contribution in [1.82, 2.24) is 10.3 Å². The van der Waals surface area contributed by atoms with E-state index in [0.29, 0.717) is 5.57 Å². The van der Waals surface area contributed by atoms with Gasteiger partial charge in [0.25, 0.3) is 5.91 Å². The highest BCUT2D eigenvalue weighted by Gasteiger charge is 2.30. The molecule has 2 aromatic rings. The number of primary amides is 1. The Hall–Kier alpha value is -3.61. The lowest BCUT2D eigenvalue weighted by Gasteiger charge is -2.19. The molecule has 7 nitrogen and oxygen atoms in total. The van der Waals surface area contributed by atoms with Gasteiger partial charge in [-0.05, 0) is 23.3 Å². The maximum Gasteiger partial charge on any atom is 0.287 e. The van der Waals surface area contributed by atoms with Crippen molar-refractivity contribution in [3.63, 3.8) is 0 Å². The first-order valence-corrected chi connectivity index (χ1v) is 8.38. The number of carbonyl (C=O) groups excluding carboxylic acids is 3. The standard InChI is InChI=1S/C20H18N4O3/c21-19(26)18(25)17(10-13-4-2-1-3-5-13)24-20(27)16-12-23-11-15(16)14-6-8-22-9-7-14/h1-9,11-12,15,17H,10H2,(H2,21,26)(H,24,27). The third-order valence-corrected chi connectivity index (χ3v) is 4.26. The van der Waals surface area contributed by atoms with Gasteiger partial charge in [-0.1, -0.05) is 30.3 Å². The van der Waals surface area contributed by atoms with Crippen LogP contribution in [0.5, 0.6) is 0 Å². The van der Waals surface area contributed by atoms with Crippen LogP contribution in [0.2, 0.25) is 0 Å². The number of ketones is 1. The van der Waals surface area contributed by atoms with Crippen molar-refractivity contribution in [3.8, 4) is 0 Å². The molecule has 2 unspecified atom stereocenters. The van der Waals surface area contributed by atoms with E-state index in [1.165, 1.54) is 6.20 Å². The summed E-state index contributed by atoms with van der Waals surface area (Å²) in [4.78, 5) is 44.4. The summed E-state index contributed by atoms with van der Waals surface area (Å²) in [7, 11) is 0. The molecular formula is C20H18N4O3. The average Bonchev–Trinajstić information content (AvgIpc) is 3.18. The van der Waals surface area contributed by atoms with Crippen LogP contribution >= 0.6 is 0 Å². The summed E-state index contributed by atoms with van der Waals surface area (Å²) in [6, 6.07) is 11.6. The summed E-state index contributed by atoms with van der Waals surface area (Å²) >= 11 is 0. The first-order valence-electron chi connectivity index (χ1n) is 8.38. The van der Waals surface area contributed by atoms with Crippen molar-refractivity contribution >= 4 is 23.8 Å². The number of aromatic nitrogens is 1. The molecule has 27 heavy (non-hydrogen) atoms. The number of hydrogen-bond donors (Lipinski definition) is 2. The van der Waals surface area contributed by atoms with E-state index in [4.69, 9.17) is 5.73 Å². The zero-order valence-electron chi connectivity index (χ0n) is 14.4. The van der Waals surface area contributed by atoms with Gasteiger partial charge >= 0.3 is 0 Å². The number of nitrogens with one attached hydrogen (secondary N) is 1. The Balaban J connectivity index is 1.78. The lowest BCUT2D eigenvalue weighted by atomic mass is 9.93. The Morgan fingerprint density at radius 3 is 2.44 bits per heavy atom. The number of amides is 2. The van der Waals surface area contributed by atoms with Crippen molar-refractivity contribution in [2.75, 3.05) is 0 Å². The van der Waals surface area contributed by atoms with Crippen LogP contribution in [-0.4, -0.2) is 34.8 Å². The summed E-state index contributed by atoms with van der Waals surface area (Å²) in [5.74, 6) is -2.73. The monoisotopic (exact) mass is 362 g/mol. The van der Waals surface area contributed by atoms with Gasteiger partial charge in [0.15, 0.2) is 0 Å². The topological polar surface area (TPSA) is 115 Å². The smallest absolute Gasteiger partial charge is 0.287 e. The molecule has 1 aliphatic heterocycles. The maximum absolute atomic E-state index is 12.8. The molecule has 0 spiro atoms. The quantitative estimate of drug-likeness (QED) is 0.713. The lowest BCUT2D eigenvalue weighted by Crippen LogP contribution is -2.48. The van der Waals surface area contributed by atoms with Crippen LogP contribution in [0, 0.1) is 0 Å². The Morgan fingerprint density at radius 1 is 1.07 bits per heavy atom. The number of aliphatic imine (C=N–C) groups is 1. The highest BCUT2D eigenvalue weighted by molar-refractivity contribution is 6.38. The minimum atomic E-state index is -1.08. The van der Waals surface area contributed by atoms with Gasteiger partial charge in [0.1, 0.15) is 6.04 Å². The second kappa shape index (κ2) is 8.18. The van der Waals surface area contributed by atoms with Crippen LogP contribution in [0.25, 0.3) is 0 Å². The molecule has 0 bridgehead atoms. The third kappa shape index (κ3) is 4.33. The molecule has 2 atom stereocenters. The van der Waals surface area contributed by atoms with Crippen LogP contribution < -0.4 is 11.1 Å². The second-order valence-electron chi connectivity index (χ2n) is 6.09. The zero-order chi connectivity index (χ0) is 19.2. The predicted octanol–water partition coefficient (Wildman–Crippen LogP) is 0.915. The number of benzene rings is 1. The number of Topliss-reactive ketones (excluding diaryl/α,β-unsaturated/α-hetero) is 1. The van der Waals surface area contributed by atoms with Gasteiger partial charge in [0.05, 0.1) is 5.92 Å². The molecule has 3 N–H and O–H groups in total. The highest BCUT2D eigenvalue weighted by atomic mass is 16.2. The molecular weight excluding hydrogens is 344 g/mol. The molecule has 0 aliphatic carbocycles. The first kappa shape index (κ1) is 18.2. The van der Waals surface area contributed by atoms with Crippen molar-refractivity contribution in [1.29, 1.82) is 0 Å². The van der Waals surface area contributed by atoms with Crippen molar-refractivity contribution in [3.05, 3.63) is 77.8 Å². The van der Waals surface area contributed by atoms with E-state index in [9.17, 15) is 14.4 Å². The van der Waals surface area contributed by atoms with Crippen LogP contribution in [0.4, 0.5) is 0 Å². The Bertz CT molecular complexity index is 907. The normalized spacial score (nSPS) is 16.4. The molecule has 0 saturated heterocycles. The molecule has 0 fully saturated rings. The van der Waals surface area contributed by atoms with Crippen molar-refractivity contribution in [2.24, 2.45) is 10.7 Å². The van der Waals surface area contributed by atoms with Gasteiger partial charge in [0.2, 0.25) is 11.7 Å². The molecule has 1 aliphatic rings. The Kier molecular flexibility index (Phi) is 5.51. The Morgan fingerprint density at radius 2 is 1.78 bits per heavy atom. The summed E-state index contributed by atoms with van der Waals surface area (Å²) in [6.07, 6.45) is 6.53. The fraction of sp³-hybridized carbons (Fsp3) is 0.150. The number of hydrogen-bond acceptors (Lipinski definition) is 5. The van der Waals surface area contributed by atoms with Gasteiger partial charge in [-0.3, -0.25) is 24.4 Å². The number of nitrogens with zero attached hydrogens (tertiary/aromatic N) is 2. The van der Waals surface area contributed by atoms with Gasteiger partial charge in [-0.2, -0.15) is 0 Å². The van der Waals surface area contributed by atoms with E-state index >= 15 is 0 Å². The average molecular weight is 362 g/mol. The zero-order valence-corrected chi connectivity index (χ0v) is 14.4. The molecule has 0 saturated carbocycles. The second-order valence-corrected chi connectivity index (χ2v) is 6.09. The van der Waals surface area contributed by atoms with E-state index in [2.05, 4.69) is 15.3 Å². The van der Waals surface area contributed by atoms with E-state index in [1.54, 1.807) is 30.7 Å². The van der Waals surface area contributed by atoms with Gasteiger partial charge in [0, 0.05) is 36.8 Å². The number of carbonyl (C=O) groups is 3. The summed E-state index contributed by atoms with van der Waals surface area (Å²) in [5, 5.41) is 2.64. The fourth-order valence-electron chi connectivity index (χ4n) is 2.88. The van der Waals surface area contributed by atoms with Crippen molar-refractivity contribution < 1.29 is 14.4 Å². The van der Waals surface area contributed by atoms with E-state index in [-0.39, 0.29) is 12.3 Å². The van der Waals surface area contributed by atoms with E-state index in [0.717, 1.165) is 11.1 Å². The SMILES string of the molecule is NC(=O)C(=O)C(Cc1ccccc1)NC(=O)C1=CN=CC1c1ccncc1. The number of pyridine rings is 1. The van der Waals surface area contributed by atoms with Crippen LogP contribution in [0.1, 0.15) is 17.0 Å². The molecule has 1 aromatic heterocycles. The summed E-state index contributed by atoms with van der Waals surface area (Å²) < 4.78 is 0. The predicted molar refractivity (Wildman–Crippen MR) is 99.8 cm³/mol. The van der Waals surface area contributed by atoms with Gasteiger partial charge in [-0.25, -0.2) is 0 Å². The molecule has 3 rings (SSSR count). The van der Waals surface area contributed by atoms with Gasteiger partial charge < -0.3 is 11.1 Å². The molecule has 0 radical (unpaired) electrons. The number of rotatable bonds is 7. The minimum absolute atomic E-state index is 0.169. The summed E-state index contributed by atoms with van der Waals surface area (Å²) in [6.45, 7) is 0. The minimum Gasteiger partial charge on any atom is -0.363 e. The first-order chi connectivity index (χ1) is 13.1.